The molecule has 7 heteroatoms. The van der Waals surface area contributed by atoms with Crippen LogP contribution < -0.4 is 5.32 Å². The van der Waals surface area contributed by atoms with Crippen molar-refractivity contribution in [1.82, 2.24) is 20.4 Å². The van der Waals surface area contributed by atoms with Gasteiger partial charge < -0.3 is 9.84 Å². The molecule has 1 aliphatic heterocycles. The first-order chi connectivity index (χ1) is 10.1. The molecule has 5 nitrogen and oxygen atoms in total. The smallest absolute Gasteiger partial charge is 0.261 e. The largest absolute Gasteiger partial charge is 0.334 e. The Balaban J connectivity index is 1.84. The number of hydrogen-bond donors (Lipinski definition) is 1. The molecule has 2 aromatic rings. The van der Waals surface area contributed by atoms with Gasteiger partial charge in [0.2, 0.25) is 0 Å². The molecule has 0 radical (unpaired) electrons. The molecule has 1 aromatic heterocycles. The van der Waals surface area contributed by atoms with Crippen molar-refractivity contribution >= 4 is 0 Å². The molecule has 0 saturated carbocycles. The number of rotatable bonds is 3. The van der Waals surface area contributed by atoms with Gasteiger partial charge in [-0.2, -0.15) is 4.98 Å². The van der Waals surface area contributed by atoms with Crippen LogP contribution in [0.25, 0.3) is 11.5 Å². The van der Waals surface area contributed by atoms with Crippen molar-refractivity contribution in [3.63, 3.8) is 0 Å². The molecular weight excluding hydrogens is 278 g/mol. The van der Waals surface area contributed by atoms with E-state index in [-0.39, 0.29) is 17.5 Å². The number of nitrogens with zero attached hydrogens (tertiary/aromatic N) is 3. The van der Waals surface area contributed by atoms with Gasteiger partial charge >= 0.3 is 0 Å². The van der Waals surface area contributed by atoms with Crippen LogP contribution in [-0.4, -0.2) is 41.2 Å². The van der Waals surface area contributed by atoms with E-state index in [4.69, 9.17) is 4.52 Å². The summed E-state index contributed by atoms with van der Waals surface area (Å²) < 4.78 is 32.0. The Bertz CT molecular complexity index is 625. The van der Waals surface area contributed by atoms with Gasteiger partial charge in [-0.15, -0.1) is 0 Å². The van der Waals surface area contributed by atoms with E-state index in [1.165, 1.54) is 0 Å². The summed E-state index contributed by atoms with van der Waals surface area (Å²) in [6, 6.07) is 3.14. The van der Waals surface area contributed by atoms with Gasteiger partial charge in [-0.1, -0.05) is 5.16 Å². The summed E-state index contributed by atoms with van der Waals surface area (Å²) >= 11 is 0. The lowest BCUT2D eigenvalue weighted by atomic mass is 10.2. The van der Waals surface area contributed by atoms with Crippen molar-refractivity contribution in [2.75, 3.05) is 26.2 Å². The van der Waals surface area contributed by atoms with E-state index in [1.54, 1.807) is 0 Å². The fourth-order valence-corrected chi connectivity index (χ4v) is 2.41. The van der Waals surface area contributed by atoms with Gasteiger partial charge in [0, 0.05) is 26.2 Å². The quantitative estimate of drug-likeness (QED) is 0.938. The molecule has 2 heterocycles. The Morgan fingerprint density at radius 1 is 1.29 bits per heavy atom. The molecule has 21 heavy (non-hydrogen) atoms. The Kier molecular flexibility index (Phi) is 3.94. The molecule has 3 rings (SSSR count). The second-order valence-corrected chi connectivity index (χ2v) is 5.04. The van der Waals surface area contributed by atoms with Gasteiger partial charge in [0.15, 0.2) is 5.82 Å². The molecule has 1 aromatic carbocycles. The minimum absolute atomic E-state index is 0.00369. The molecule has 112 valence electrons. The van der Waals surface area contributed by atoms with E-state index in [2.05, 4.69) is 20.4 Å². The Labute approximate surface area is 120 Å². The fourth-order valence-electron chi connectivity index (χ4n) is 2.41. The molecule has 1 aliphatic rings. The van der Waals surface area contributed by atoms with Crippen LogP contribution >= 0.6 is 0 Å². The van der Waals surface area contributed by atoms with E-state index < -0.39 is 11.6 Å². The summed E-state index contributed by atoms with van der Waals surface area (Å²) in [6.07, 6.45) is 0. The van der Waals surface area contributed by atoms with Gasteiger partial charge in [0.05, 0.1) is 11.6 Å². The average molecular weight is 294 g/mol. The zero-order chi connectivity index (χ0) is 14.8. The summed E-state index contributed by atoms with van der Waals surface area (Å²) in [6.45, 7) is 5.57. The number of aromatic nitrogens is 2. The number of halogens is 2. The highest BCUT2D eigenvalue weighted by Gasteiger charge is 2.23. The maximum Gasteiger partial charge on any atom is 0.261 e. The maximum atomic E-state index is 13.7. The van der Waals surface area contributed by atoms with Crippen molar-refractivity contribution in [1.29, 1.82) is 0 Å². The average Bonchev–Trinajstić information content (AvgIpc) is 2.99. The fraction of sp³-hybridized carbons (Fsp3) is 0.429. The number of hydrogen-bond acceptors (Lipinski definition) is 5. The van der Waals surface area contributed by atoms with Crippen LogP contribution in [0, 0.1) is 11.6 Å². The normalized spacial score (nSPS) is 17.9. The van der Waals surface area contributed by atoms with Crippen LogP contribution in [0.1, 0.15) is 18.8 Å². The summed E-state index contributed by atoms with van der Waals surface area (Å²) in [7, 11) is 0. The lowest BCUT2D eigenvalue weighted by molar-refractivity contribution is 0.176. The van der Waals surface area contributed by atoms with E-state index in [0.29, 0.717) is 5.82 Å². The van der Waals surface area contributed by atoms with Crippen LogP contribution in [0.15, 0.2) is 22.7 Å². The Morgan fingerprint density at radius 3 is 2.81 bits per heavy atom. The highest BCUT2D eigenvalue weighted by atomic mass is 19.1. The third kappa shape index (κ3) is 2.93. The Morgan fingerprint density at radius 2 is 2.05 bits per heavy atom. The van der Waals surface area contributed by atoms with Crippen LogP contribution in [0.3, 0.4) is 0 Å². The van der Waals surface area contributed by atoms with Crippen molar-refractivity contribution in [3.8, 4) is 11.5 Å². The van der Waals surface area contributed by atoms with Gasteiger partial charge in [0.25, 0.3) is 5.89 Å². The third-order valence-electron chi connectivity index (χ3n) is 3.67. The SMILES string of the molecule is CC(c1noc(-c2cc(F)ccc2F)n1)N1CCNCC1. The van der Waals surface area contributed by atoms with Crippen molar-refractivity contribution in [2.24, 2.45) is 0 Å². The highest BCUT2D eigenvalue weighted by Crippen LogP contribution is 2.25. The first kappa shape index (κ1) is 14.1. The number of nitrogens with one attached hydrogen (secondary N) is 1. The zero-order valence-electron chi connectivity index (χ0n) is 11.6. The van der Waals surface area contributed by atoms with Gasteiger partial charge in [-0.05, 0) is 25.1 Å². The first-order valence-electron chi connectivity index (χ1n) is 6.89. The predicted octanol–water partition coefficient (Wildman–Crippen LogP) is 1.98. The molecule has 0 spiro atoms. The van der Waals surface area contributed by atoms with E-state index in [0.717, 1.165) is 44.4 Å². The van der Waals surface area contributed by atoms with Crippen molar-refractivity contribution in [3.05, 3.63) is 35.7 Å². The molecule has 1 N–H and O–H groups in total. The van der Waals surface area contributed by atoms with Crippen LogP contribution in [-0.2, 0) is 0 Å². The lowest BCUT2D eigenvalue weighted by Gasteiger charge is -2.30. The first-order valence-corrected chi connectivity index (χ1v) is 6.89. The molecule has 1 fully saturated rings. The lowest BCUT2D eigenvalue weighted by Crippen LogP contribution is -2.44. The van der Waals surface area contributed by atoms with Gasteiger partial charge in [0.1, 0.15) is 11.6 Å². The number of benzene rings is 1. The van der Waals surface area contributed by atoms with Crippen LogP contribution in [0.2, 0.25) is 0 Å². The minimum Gasteiger partial charge on any atom is -0.334 e. The standard InChI is InChI=1S/C14H16F2N4O/c1-9(20-6-4-17-5-7-20)13-18-14(21-19-13)11-8-10(15)2-3-12(11)16/h2-3,8-9,17H,4-7H2,1H3. The number of piperazine rings is 1. The summed E-state index contributed by atoms with van der Waals surface area (Å²) in [5.41, 5.74) is -0.0127. The summed E-state index contributed by atoms with van der Waals surface area (Å²) in [5, 5.41) is 7.17. The zero-order valence-corrected chi connectivity index (χ0v) is 11.6. The summed E-state index contributed by atoms with van der Waals surface area (Å²) in [4.78, 5) is 6.43. The molecule has 0 bridgehead atoms. The highest BCUT2D eigenvalue weighted by molar-refractivity contribution is 5.53. The molecule has 0 aliphatic carbocycles. The van der Waals surface area contributed by atoms with E-state index in [1.807, 2.05) is 6.92 Å². The second kappa shape index (κ2) is 5.87. The maximum absolute atomic E-state index is 13.7. The second-order valence-electron chi connectivity index (χ2n) is 5.04. The monoisotopic (exact) mass is 294 g/mol. The molecule has 1 saturated heterocycles. The minimum atomic E-state index is -0.582. The van der Waals surface area contributed by atoms with Gasteiger partial charge in [-0.25, -0.2) is 8.78 Å². The van der Waals surface area contributed by atoms with E-state index >= 15 is 0 Å². The molecular formula is C14H16F2N4O. The molecule has 1 unspecified atom stereocenters. The van der Waals surface area contributed by atoms with Crippen LogP contribution in [0.4, 0.5) is 8.78 Å². The molecule has 0 amide bonds. The summed E-state index contributed by atoms with van der Waals surface area (Å²) in [5.74, 6) is -0.637. The Hall–Kier alpha value is -1.86. The van der Waals surface area contributed by atoms with E-state index in [9.17, 15) is 8.78 Å². The van der Waals surface area contributed by atoms with Crippen molar-refractivity contribution in [2.45, 2.75) is 13.0 Å². The predicted molar refractivity (Wildman–Crippen MR) is 72.5 cm³/mol. The topological polar surface area (TPSA) is 54.2 Å². The van der Waals surface area contributed by atoms with Crippen molar-refractivity contribution < 1.29 is 13.3 Å². The third-order valence-corrected chi connectivity index (χ3v) is 3.67. The van der Waals surface area contributed by atoms with Gasteiger partial charge in [-0.3, -0.25) is 4.90 Å². The van der Waals surface area contributed by atoms with Crippen LogP contribution in [0.5, 0.6) is 0 Å². The molecule has 1 atom stereocenters.